The Bertz CT molecular complexity index is 626. The fraction of sp³-hybridized carbons (Fsp3) is 0.421. The zero-order valence-electron chi connectivity index (χ0n) is 13.5. The third-order valence-corrected chi connectivity index (χ3v) is 4.41. The van der Waals surface area contributed by atoms with Crippen LogP contribution in [-0.4, -0.2) is 27.9 Å². The second-order valence-corrected chi connectivity index (χ2v) is 6.27. The molecule has 0 aliphatic heterocycles. The van der Waals surface area contributed by atoms with Gasteiger partial charge in [0.05, 0.1) is 5.92 Å². The minimum Gasteiger partial charge on any atom is -0.481 e. The molecule has 0 heterocycles. The van der Waals surface area contributed by atoms with E-state index in [9.17, 15) is 24.6 Å². The topological polar surface area (TPSA) is 91.7 Å². The lowest BCUT2D eigenvalue weighted by atomic mass is 9.89. The molecule has 0 spiro atoms. The van der Waals surface area contributed by atoms with Gasteiger partial charge in [0.15, 0.2) is 0 Å². The van der Waals surface area contributed by atoms with Gasteiger partial charge in [-0.05, 0) is 24.3 Å². The van der Waals surface area contributed by atoms with E-state index >= 15 is 0 Å². The molecule has 1 aliphatic rings. The maximum absolute atomic E-state index is 12.2. The molecule has 5 heteroatoms. The Labute approximate surface area is 141 Å². The van der Waals surface area contributed by atoms with Crippen LogP contribution in [0.1, 0.15) is 37.7 Å². The Morgan fingerprint density at radius 1 is 1.08 bits per heavy atom. The lowest BCUT2D eigenvalue weighted by Crippen LogP contribution is -2.25. The van der Waals surface area contributed by atoms with Crippen LogP contribution in [0.5, 0.6) is 0 Å². The monoisotopic (exact) mass is 330 g/mol. The van der Waals surface area contributed by atoms with Crippen LogP contribution in [0.15, 0.2) is 42.0 Å². The maximum Gasteiger partial charge on any atom is 0.332 e. The molecule has 2 rings (SSSR count). The number of benzene rings is 1. The summed E-state index contributed by atoms with van der Waals surface area (Å²) >= 11 is 0. The van der Waals surface area contributed by atoms with Crippen molar-refractivity contribution < 1.29 is 24.6 Å². The van der Waals surface area contributed by atoms with E-state index in [0.717, 1.165) is 31.2 Å². The number of carboxylic acid groups (broad SMARTS) is 2. The summed E-state index contributed by atoms with van der Waals surface area (Å²) in [6.45, 7) is 0. The van der Waals surface area contributed by atoms with Gasteiger partial charge in [0.1, 0.15) is 5.78 Å². The van der Waals surface area contributed by atoms with Crippen molar-refractivity contribution in [3.63, 3.8) is 0 Å². The van der Waals surface area contributed by atoms with Gasteiger partial charge in [-0.1, -0.05) is 49.2 Å². The number of rotatable bonds is 8. The van der Waals surface area contributed by atoms with Crippen LogP contribution in [0.4, 0.5) is 0 Å². The van der Waals surface area contributed by atoms with Gasteiger partial charge in [0.25, 0.3) is 0 Å². The van der Waals surface area contributed by atoms with E-state index in [1.54, 1.807) is 30.3 Å². The van der Waals surface area contributed by atoms with Gasteiger partial charge in [-0.2, -0.15) is 0 Å². The predicted molar refractivity (Wildman–Crippen MR) is 88.6 cm³/mol. The number of hydrogen-bond acceptors (Lipinski definition) is 3. The molecule has 1 aromatic rings. The second kappa shape index (κ2) is 8.43. The van der Waals surface area contributed by atoms with Crippen molar-refractivity contribution in [2.24, 2.45) is 11.8 Å². The number of Topliss-reactive ketones (excluding diaryl/α,β-unsaturated/α-hetero) is 1. The molecule has 1 unspecified atom stereocenters. The van der Waals surface area contributed by atoms with E-state index in [1.807, 2.05) is 6.07 Å². The summed E-state index contributed by atoms with van der Waals surface area (Å²) in [7, 11) is 0. The van der Waals surface area contributed by atoms with Crippen molar-refractivity contribution >= 4 is 17.7 Å². The first-order valence-corrected chi connectivity index (χ1v) is 8.21. The third-order valence-electron chi connectivity index (χ3n) is 4.41. The molecule has 1 atom stereocenters. The van der Waals surface area contributed by atoms with Crippen molar-refractivity contribution in [3.8, 4) is 0 Å². The van der Waals surface area contributed by atoms with Gasteiger partial charge in [-0.25, -0.2) is 4.79 Å². The number of carboxylic acids is 2. The zero-order valence-corrected chi connectivity index (χ0v) is 13.5. The fourth-order valence-corrected chi connectivity index (χ4v) is 3.17. The summed E-state index contributed by atoms with van der Waals surface area (Å²) in [5, 5.41) is 18.8. The first kappa shape index (κ1) is 17.9. The maximum atomic E-state index is 12.2. The third kappa shape index (κ3) is 5.05. The van der Waals surface area contributed by atoms with E-state index in [-0.39, 0.29) is 30.1 Å². The van der Waals surface area contributed by atoms with Gasteiger partial charge in [0, 0.05) is 18.4 Å². The molecule has 24 heavy (non-hydrogen) atoms. The van der Waals surface area contributed by atoms with Crippen molar-refractivity contribution in [2.75, 3.05) is 0 Å². The molecule has 1 fully saturated rings. The van der Waals surface area contributed by atoms with Crippen molar-refractivity contribution in [1.82, 2.24) is 0 Å². The van der Waals surface area contributed by atoms with Crippen molar-refractivity contribution in [2.45, 2.75) is 38.5 Å². The minimum absolute atomic E-state index is 0.0992. The number of ketones is 1. The predicted octanol–water partition coefficient (Wildman–Crippen LogP) is 3.09. The van der Waals surface area contributed by atoms with Gasteiger partial charge < -0.3 is 10.2 Å². The largest absolute Gasteiger partial charge is 0.481 e. The van der Waals surface area contributed by atoms with Crippen molar-refractivity contribution in [1.29, 1.82) is 0 Å². The standard InChI is InChI=1S/C19H22O5/c20-15(10-13-6-2-1-3-7-13)12-17(19(23)24)16(18(21)22)11-14-8-4-5-9-14/h1-3,6-7,11,14,17H,4-5,8-10,12H2,(H,21,22)(H,23,24). The number of carbonyl (C=O) groups is 3. The molecule has 1 saturated carbocycles. The Balaban J connectivity index is 2.12. The van der Waals surface area contributed by atoms with Crippen molar-refractivity contribution in [3.05, 3.63) is 47.5 Å². The molecule has 0 bridgehead atoms. The first-order valence-electron chi connectivity index (χ1n) is 8.21. The van der Waals surface area contributed by atoms with Crippen LogP contribution in [0.2, 0.25) is 0 Å². The molecule has 0 saturated heterocycles. The molecule has 1 aromatic carbocycles. The Hall–Kier alpha value is -2.43. The molecule has 2 N–H and O–H groups in total. The number of carbonyl (C=O) groups excluding carboxylic acids is 1. The zero-order chi connectivity index (χ0) is 17.5. The van der Waals surface area contributed by atoms with E-state index in [4.69, 9.17) is 0 Å². The van der Waals surface area contributed by atoms with Gasteiger partial charge in [-0.15, -0.1) is 0 Å². The van der Waals surface area contributed by atoms with Gasteiger partial charge in [0.2, 0.25) is 0 Å². The van der Waals surface area contributed by atoms with E-state index in [0.29, 0.717) is 0 Å². The Kier molecular flexibility index (Phi) is 6.29. The number of aliphatic carboxylic acids is 2. The molecule has 0 radical (unpaired) electrons. The summed E-state index contributed by atoms with van der Waals surface area (Å²) in [6.07, 6.45) is 5.18. The Morgan fingerprint density at radius 2 is 1.71 bits per heavy atom. The number of hydrogen-bond donors (Lipinski definition) is 2. The lowest BCUT2D eigenvalue weighted by molar-refractivity contribution is -0.145. The summed E-state index contributed by atoms with van der Waals surface area (Å²) in [6, 6.07) is 9.03. The highest BCUT2D eigenvalue weighted by atomic mass is 16.4. The smallest absolute Gasteiger partial charge is 0.332 e. The van der Waals surface area contributed by atoms with Crippen LogP contribution in [-0.2, 0) is 20.8 Å². The quantitative estimate of drug-likeness (QED) is 0.715. The molecule has 1 aliphatic carbocycles. The summed E-state index contributed by atoms with van der Waals surface area (Å²) in [5.41, 5.74) is 0.638. The van der Waals surface area contributed by atoms with E-state index < -0.39 is 17.9 Å². The molecule has 0 aromatic heterocycles. The van der Waals surface area contributed by atoms with Crippen LogP contribution in [0.3, 0.4) is 0 Å². The molecule has 5 nitrogen and oxygen atoms in total. The number of allylic oxidation sites excluding steroid dienone is 1. The Morgan fingerprint density at radius 3 is 2.25 bits per heavy atom. The van der Waals surface area contributed by atoms with Gasteiger partial charge >= 0.3 is 11.9 Å². The van der Waals surface area contributed by atoms with Gasteiger partial charge in [-0.3, -0.25) is 9.59 Å². The highest BCUT2D eigenvalue weighted by molar-refractivity contribution is 5.96. The van der Waals surface area contributed by atoms with Crippen LogP contribution in [0.25, 0.3) is 0 Å². The van der Waals surface area contributed by atoms with Crippen LogP contribution >= 0.6 is 0 Å². The molecule has 0 amide bonds. The van der Waals surface area contributed by atoms with E-state index in [2.05, 4.69) is 0 Å². The van der Waals surface area contributed by atoms with Crippen LogP contribution in [0, 0.1) is 11.8 Å². The summed E-state index contributed by atoms with van der Waals surface area (Å²) < 4.78 is 0. The average molecular weight is 330 g/mol. The SMILES string of the molecule is O=C(Cc1ccccc1)CC(C(=O)O)C(=CC1CCCC1)C(=O)O. The second-order valence-electron chi connectivity index (χ2n) is 6.27. The average Bonchev–Trinajstić information content (AvgIpc) is 3.04. The molecular weight excluding hydrogens is 308 g/mol. The summed E-state index contributed by atoms with van der Waals surface area (Å²) in [4.78, 5) is 35.3. The van der Waals surface area contributed by atoms with Crippen LogP contribution < -0.4 is 0 Å². The summed E-state index contributed by atoms with van der Waals surface area (Å²) in [5.74, 6) is -3.97. The normalized spacial score (nSPS) is 16.8. The van der Waals surface area contributed by atoms with E-state index in [1.165, 1.54) is 0 Å². The highest BCUT2D eigenvalue weighted by Gasteiger charge is 2.30. The minimum atomic E-state index is -1.29. The molecular formula is C19H22O5. The lowest BCUT2D eigenvalue weighted by Gasteiger charge is -2.15. The first-order chi connectivity index (χ1) is 11.5. The molecule has 128 valence electrons. The fourth-order valence-electron chi connectivity index (χ4n) is 3.17. The highest BCUT2D eigenvalue weighted by Crippen LogP contribution is 2.29.